The van der Waals surface area contributed by atoms with Gasteiger partial charge in [-0.1, -0.05) is 112 Å². The van der Waals surface area contributed by atoms with Crippen LogP contribution in [0, 0.1) is 5.41 Å². The molecule has 0 N–H and O–H groups in total. The highest BCUT2D eigenvalue weighted by Gasteiger charge is 2.56. The maximum Gasteiger partial charge on any atom is 0.0638 e. The lowest BCUT2D eigenvalue weighted by Crippen LogP contribution is -2.42. The van der Waals surface area contributed by atoms with E-state index in [1.807, 2.05) is 30.3 Å². The van der Waals surface area contributed by atoms with Gasteiger partial charge in [-0.15, -0.1) is 0 Å². The zero-order chi connectivity index (χ0) is 22.1. The third-order valence-corrected chi connectivity index (χ3v) is 8.21. The van der Waals surface area contributed by atoms with Crippen molar-refractivity contribution in [2.75, 3.05) is 0 Å². The Balaban J connectivity index is 2.11. The lowest BCUT2D eigenvalue weighted by Gasteiger charge is -2.44. The molecule has 0 saturated carbocycles. The van der Waals surface area contributed by atoms with Crippen molar-refractivity contribution in [1.82, 2.24) is 0 Å². The van der Waals surface area contributed by atoms with E-state index in [9.17, 15) is 1.37 Å². The molecule has 144 valence electrons. The molecule has 0 unspecified atom stereocenters. The quantitative estimate of drug-likeness (QED) is 0.379. The van der Waals surface area contributed by atoms with Crippen LogP contribution in [0.2, 0.25) is 0 Å². The van der Waals surface area contributed by atoms with E-state index < -0.39 is 0 Å². The predicted octanol–water partition coefficient (Wildman–Crippen LogP) is 8.38. The van der Waals surface area contributed by atoms with Gasteiger partial charge in [0.05, 0.1) is 2.74 Å². The Morgan fingerprint density at radius 3 is 1.75 bits per heavy atom. The van der Waals surface area contributed by atoms with Crippen molar-refractivity contribution in [3.05, 3.63) is 82.3 Å². The van der Waals surface area contributed by atoms with E-state index in [1.54, 1.807) is 0 Å². The van der Waals surface area contributed by atoms with Crippen LogP contribution in [0.25, 0.3) is 22.3 Å². The molecule has 3 aromatic carbocycles. The average Bonchev–Trinajstić information content (AvgIpc) is 2.81. The summed E-state index contributed by atoms with van der Waals surface area (Å²) in [6.07, 6.45) is 0. The van der Waals surface area contributed by atoms with Crippen molar-refractivity contribution >= 4 is 15.9 Å². The van der Waals surface area contributed by atoms with Gasteiger partial charge in [-0.3, -0.25) is 0 Å². The monoisotopic (exact) mass is 434 g/mol. The van der Waals surface area contributed by atoms with Crippen LogP contribution >= 0.6 is 15.9 Å². The van der Waals surface area contributed by atoms with Gasteiger partial charge in [0, 0.05) is 4.47 Å². The second-order valence-corrected chi connectivity index (χ2v) is 10.3. The Labute approximate surface area is 181 Å². The van der Waals surface area contributed by atoms with E-state index in [1.165, 1.54) is 0 Å². The maximum absolute atomic E-state index is 9.36. The molecule has 1 heteroatoms. The molecule has 0 spiro atoms. The second-order valence-electron chi connectivity index (χ2n) is 9.48. The van der Waals surface area contributed by atoms with Crippen molar-refractivity contribution in [3.8, 4) is 22.3 Å². The Kier molecular flexibility index (Phi) is 3.85. The molecule has 0 aromatic heterocycles. The predicted molar refractivity (Wildman–Crippen MR) is 125 cm³/mol. The van der Waals surface area contributed by atoms with Gasteiger partial charge in [-0.2, -0.15) is 0 Å². The molecule has 0 aliphatic heterocycles. The molecule has 0 radical (unpaired) electrons. The molecule has 0 heterocycles. The number of hydrogen-bond acceptors (Lipinski definition) is 0. The Morgan fingerprint density at radius 1 is 0.643 bits per heavy atom. The van der Waals surface area contributed by atoms with Crippen LogP contribution in [-0.2, 0) is 10.8 Å². The standard InChI is InChI=1S/C27H29Br/c1-25(2)22-16-21(24(28)17-23(22)26(3,4)27(25,5)6)20-15-11-10-14-19(20)18-12-8-7-9-13-18/h7-17H,1-6H3/i16D,17D. The largest absolute Gasteiger partial charge is 0.0638 e. The van der Waals surface area contributed by atoms with Gasteiger partial charge in [-0.05, 0) is 61.7 Å². The minimum Gasteiger partial charge on any atom is -0.0622 e. The number of fused-ring (bicyclic) bond motifs is 1. The zero-order valence-electron chi connectivity index (χ0n) is 19.6. The Hall–Kier alpha value is -1.86. The molecule has 28 heavy (non-hydrogen) atoms. The van der Waals surface area contributed by atoms with Gasteiger partial charge in [-0.25, -0.2) is 0 Å². The smallest absolute Gasteiger partial charge is 0.0622 e. The average molecular weight is 435 g/mol. The molecule has 4 rings (SSSR count). The minimum atomic E-state index is -0.226. The van der Waals surface area contributed by atoms with Gasteiger partial charge in [0.15, 0.2) is 0 Å². The summed E-state index contributed by atoms with van der Waals surface area (Å²) in [5, 5.41) is 0. The highest BCUT2D eigenvalue weighted by atomic mass is 79.9. The lowest BCUT2D eigenvalue weighted by molar-refractivity contribution is 0.125. The first-order valence-corrected chi connectivity index (χ1v) is 10.7. The number of hydrogen-bond donors (Lipinski definition) is 0. The molecular weight excluding hydrogens is 404 g/mol. The summed E-state index contributed by atoms with van der Waals surface area (Å²) in [7, 11) is 0. The van der Waals surface area contributed by atoms with Gasteiger partial charge in [0.25, 0.3) is 0 Å². The Morgan fingerprint density at radius 2 is 1.14 bits per heavy atom. The molecule has 0 amide bonds. The van der Waals surface area contributed by atoms with E-state index in [0.717, 1.165) is 37.9 Å². The maximum atomic E-state index is 9.36. The van der Waals surface area contributed by atoms with Crippen molar-refractivity contribution in [2.45, 2.75) is 52.4 Å². The van der Waals surface area contributed by atoms with Gasteiger partial charge >= 0.3 is 0 Å². The molecule has 0 nitrogen and oxygen atoms in total. The van der Waals surface area contributed by atoms with Gasteiger partial charge < -0.3 is 0 Å². The van der Waals surface area contributed by atoms with Crippen LogP contribution in [0.4, 0.5) is 0 Å². The van der Waals surface area contributed by atoms with E-state index >= 15 is 0 Å². The highest BCUT2D eigenvalue weighted by Crippen LogP contribution is 2.62. The first-order valence-electron chi connectivity index (χ1n) is 10.9. The SMILES string of the molecule is [2H]c1c(Br)c(-c2ccccc2-c2ccccc2)c([2H])c2c1C(C)(C)C(C)(C)C2(C)C. The van der Waals surface area contributed by atoms with Crippen molar-refractivity contribution in [2.24, 2.45) is 5.41 Å². The van der Waals surface area contributed by atoms with Crippen LogP contribution in [-0.4, -0.2) is 0 Å². The molecule has 1 aliphatic carbocycles. The molecule has 0 atom stereocenters. The van der Waals surface area contributed by atoms with Crippen LogP contribution in [0.15, 0.2) is 71.2 Å². The fourth-order valence-corrected chi connectivity index (χ4v) is 5.09. The molecule has 3 aromatic rings. The molecular formula is C27H29Br. The van der Waals surface area contributed by atoms with E-state index in [0.29, 0.717) is 12.1 Å². The van der Waals surface area contributed by atoms with Gasteiger partial charge in [0.2, 0.25) is 0 Å². The summed E-state index contributed by atoms with van der Waals surface area (Å²) in [4.78, 5) is 0. The fourth-order valence-electron chi connectivity index (χ4n) is 4.58. The summed E-state index contributed by atoms with van der Waals surface area (Å²) >= 11 is 3.75. The summed E-state index contributed by atoms with van der Waals surface area (Å²) in [5.74, 6) is 0. The molecule has 1 aliphatic rings. The zero-order valence-corrected chi connectivity index (χ0v) is 19.2. The van der Waals surface area contributed by atoms with Crippen molar-refractivity contribution in [3.63, 3.8) is 0 Å². The number of benzene rings is 3. The first kappa shape index (κ1) is 17.0. The van der Waals surface area contributed by atoms with Crippen LogP contribution in [0.1, 0.15) is 55.4 Å². The summed E-state index contributed by atoms with van der Waals surface area (Å²) in [6.45, 7) is 13.5. The minimum absolute atomic E-state index is 0.0923. The third kappa shape index (κ3) is 2.55. The van der Waals surface area contributed by atoms with Crippen molar-refractivity contribution < 1.29 is 2.74 Å². The number of rotatable bonds is 2. The second kappa shape index (κ2) is 6.32. The van der Waals surface area contributed by atoms with Crippen LogP contribution in [0.3, 0.4) is 0 Å². The summed E-state index contributed by atoms with van der Waals surface area (Å²) < 4.78 is 19.2. The summed E-state index contributed by atoms with van der Waals surface area (Å²) in [6, 6.07) is 19.6. The van der Waals surface area contributed by atoms with E-state index in [-0.39, 0.29) is 16.2 Å². The normalized spacial score (nSPS) is 19.7. The summed E-state index contributed by atoms with van der Waals surface area (Å²) in [5.41, 5.74) is 5.51. The van der Waals surface area contributed by atoms with Gasteiger partial charge in [0.1, 0.15) is 0 Å². The van der Waals surface area contributed by atoms with Crippen LogP contribution in [0.5, 0.6) is 0 Å². The Bertz CT molecular complexity index is 1140. The van der Waals surface area contributed by atoms with E-state index in [4.69, 9.17) is 1.37 Å². The highest BCUT2D eigenvalue weighted by molar-refractivity contribution is 9.10. The molecule has 0 saturated heterocycles. The topological polar surface area (TPSA) is 0 Å². The van der Waals surface area contributed by atoms with E-state index in [2.05, 4.69) is 81.7 Å². The first-order chi connectivity index (χ1) is 13.9. The van der Waals surface area contributed by atoms with Crippen LogP contribution < -0.4 is 0 Å². The fraction of sp³-hybridized carbons (Fsp3) is 0.333. The molecule has 0 bridgehead atoms. The lowest BCUT2D eigenvalue weighted by atomic mass is 9.59. The molecule has 0 fully saturated rings. The van der Waals surface area contributed by atoms with Crippen molar-refractivity contribution in [1.29, 1.82) is 0 Å². The number of halogens is 1. The third-order valence-electron chi connectivity index (χ3n) is 7.61.